The molecule has 0 radical (unpaired) electrons. The van der Waals surface area contributed by atoms with Gasteiger partial charge in [0.1, 0.15) is 12.2 Å². The fourth-order valence-corrected chi connectivity index (χ4v) is 2.47. The van der Waals surface area contributed by atoms with E-state index in [0.29, 0.717) is 18.0 Å². The predicted octanol–water partition coefficient (Wildman–Crippen LogP) is 2.99. The van der Waals surface area contributed by atoms with Crippen molar-refractivity contribution in [3.05, 3.63) is 60.2 Å². The highest BCUT2D eigenvalue weighted by atomic mass is 15.3. The summed E-state index contributed by atoms with van der Waals surface area (Å²) in [6.45, 7) is 11.2. The summed E-state index contributed by atoms with van der Waals surface area (Å²) in [7, 11) is 0. The molecule has 0 unspecified atom stereocenters. The number of aromatic nitrogens is 3. The van der Waals surface area contributed by atoms with E-state index in [9.17, 15) is 0 Å². The van der Waals surface area contributed by atoms with Crippen LogP contribution in [0.4, 0.5) is 0 Å². The minimum Gasteiger partial charge on any atom is -0.288 e. The Morgan fingerprint density at radius 2 is 2.22 bits per heavy atom. The van der Waals surface area contributed by atoms with Crippen LogP contribution in [-0.2, 0) is 19.6 Å². The second kappa shape index (κ2) is 8.25. The van der Waals surface area contributed by atoms with Crippen LogP contribution in [0.3, 0.4) is 0 Å². The highest BCUT2D eigenvalue weighted by Crippen LogP contribution is 2.11. The maximum Gasteiger partial charge on any atom is 0.141 e. The molecule has 5 heteroatoms. The van der Waals surface area contributed by atoms with Crippen LogP contribution in [0.1, 0.15) is 30.8 Å². The number of benzene rings is 1. The summed E-state index contributed by atoms with van der Waals surface area (Å²) >= 11 is 0. The maximum atomic E-state index is 9.03. The Kier molecular flexibility index (Phi) is 6.07. The van der Waals surface area contributed by atoms with Gasteiger partial charge in [-0.2, -0.15) is 10.4 Å². The lowest BCUT2D eigenvalue weighted by Gasteiger charge is -2.21. The monoisotopic (exact) mass is 309 g/mol. The Balaban J connectivity index is 2.11. The van der Waals surface area contributed by atoms with E-state index in [2.05, 4.69) is 41.5 Å². The first kappa shape index (κ1) is 16.9. The van der Waals surface area contributed by atoms with Crippen LogP contribution in [0.25, 0.3) is 0 Å². The van der Waals surface area contributed by atoms with Gasteiger partial charge in [0.25, 0.3) is 0 Å². The fraction of sp³-hybridized carbons (Fsp3) is 0.389. The molecule has 0 spiro atoms. The highest BCUT2D eigenvalue weighted by molar-refractivity contribution is 5.32. The molecule has 2 rings (SSSR count). The lowest BCUT2D eigenvalue weighted by molar-refractivity contribution is 0.269. The SMILES string of the molecule is C=CCN(Cc1cccc(C#N)c1)Cc1ncnn1CC(C)C. The predicted molar refractivity (Wildman–Crippen MR) is 90.3 cm³/mol. The molecule has 2 aromatic rings. The number of rotatable bonds is 8. The lowest BCUT2D eigenvalue weighted by atomic mass is 10.1. The summed E-state index contributed by atoms with van der Waals surface area (Å²) in [5.41, 5.74) is 1.80. The summed E-state index contributed by atoms with van der Waals surface area (Å²) in [6, 6.07) is 9.88. The molecule has 0 N–H and O–H groups in total. The summed E-state index contributed by atoms with van der Waals surface area (Å²) in [5, 5.41) is 13.3. The molecule has 1 heterocycles. The number of nitrogens with zero attached hydrogens (tertiary/aromatic N) is 5. The minimum absolute atomic E-state index is 0.524. The molecule has 0 bridgehead atoms. The first-order valence-corrected chi connectivity index (χ1v) is 7.81. The third kappa shape index (κ3) is 5.04. The molecular formula is C18H23N5. The quantitative estimate of drug-likeness (QED) is 0.703. The molecule has 0 fully saturated rings. The Hall–Kier alpha value is -2.45. The van der Waals surface area contributed by atoms with E-state index in [0.717, 1.165) is 31.0 Å². The van der Waals surface area contributed by atoms with Crippen LogP contribution < -0.4 is 0 Å². The molecule has 0 saturated carbocycles. The molecule has 0 amide bonds. The van der Waals surface area contributed by atoms with Gasteiger partial charge >= 0.3 is 0 Å². The standard InChI is InChI=1S/C18H23N5/c1-4-8-22(12-17-7-5-6-16(9-17)10-19)13-18-20-14-21-23(18)11-15(2)3/h4-7,9,14-15H,1,8,11-13H2,2-3H3. The van der Waals surface area contributed by atoms with Gasteiger partial charge in [-0.1, -0.05) is 32.1 Å². The Bertz CT molecular complexity index is 681. The molecular weight excluding hydrogens is 286 g/mol. The summed E-state index contributed by atoms with van der Waals surface area (Å²) in [4.78, 5) is 6.63. The van der Waals surface area contributed by atoms with Crippen LogP contribution >= 0.6 is 0 Å². The molecule has 1 aromatic carbocycles. The van der Waals surface area contributed by atoms with Crippen molar-refractivity contribution in [2.45, 2.75) is 33.5 Å². The fourth-order valence-electron chi connectivity index (χ4n) is 2.47. The molecule has 0 saturated heterocycles. The van der Waals surface area contributed by atoms with E-state index < -0.39 is 0 Å². The molecule has 0 aliphatic rings. The van der Waals surface area contributed by atoms with Crippen molar-refractivity contribution < 1.29 is 0 Å². The first-order valence-electron chi connectivity index (χ1n) is 7.81. The largest absolute Gasteiger partial charge is 0.288 e. The normalized spacial score (nSPS) is 10.9. The molecule has 0 aliphatic heterocycles. The van der Waals surface area contributed by atoms with E-state index in [4.69, 9.17) is 5.26 Å². The lowest BCUT2D eigenvalue weighted by Crippen LogP contribution is -2.25. The zero-order chi connectivity index (χ0) is 16.7. The van der Waals surface area contributed by atoms with E-state index in [1.807, 2.05) is 35.0 Å². The van der Waals surface area contributed by atoms with Gasteiger partial charge < -0.3 is 0 Å². The zero-order valence-electron chi connectivity index (χ0n) is 13.8. The number of hydrogen-bond donors (Lipinski definition) is 0. The van der Waals surface area contributed by atoms with Crippen LogP contribution in [-0.4, -0.2) is 26.2 Å². The summed E-state index contributed by atoms with van der Waals surface area (Å²) in [5.74, 6) is 1.48. The Morgan fingerprint density at radius 3 is 2.91 bits per heavy atom. The van der Waals surface area contributed by atoms with Gasteiger partial charge in [-0.3, -0.25) is 4.90 Å². The average molecular weight is 309 g/mol. The van der Waals surface area contributed by atoms with Gasteiger partial charge in [0, 0.05) is 19.6 Å². The van der Waals surface area contributed by atoms with Crippen LogP contribution in [0.2, 0.25) is 0 Å². The van der Waals surface area contributed by atoms with Gasteiger partial charge in [-0.15, -0.1) is 6.58 Å². The Labute approximate surface area is 137 Å². The average Bonchev–Trinajstić information content (AvgIpc) is 2.94. The van der Waals surface area contributed by atoms with Crippen molar-refractivity contribution in [3.63, 3.8) is 0 Å². The third-order valence-electron chi connectivity index (χ3n) is 3.45. The van der Waals surface area contributed by atoms with Crippen LogP contribution in [0.15, 0.2) is 43.2 Å². The summed E-state index contributed by atoms with van der Waals surface area (Å²) in [6.07, 6.45) is 3.50. The van der Waals surface area contributed by atoms with E-state index in [1.54, 1.807) is 6.33 Å². The van der Waals surface area contributed by atoms with Gasteiger partial charge in [-0.25, -0.2) is 9.67 Å². The molecule has 0 aliphatic carbocycles. The third-order valence-corrected chi connectivity index (χ3v) is 3.45. The van der Waals surface area contributed by atoms with E-state index in [-0.39, 0.29) is 0 Å². The number of hydrogen-bond acceptors (Lipinski definition) is 4. The van der Waals surface area contributed by atoms with Gasteiger partial charge in [0.15, 0.2) is 0 Å². The maximum absolute atomic E-state index is 9.03. The molecule has 5 nitrogen and oxygen atoms in total. The van der Waals surface area contributed by atoms with Crippen LogP contribution in [0.5, 0.6) is 0 Å². The molecule has 120 valence electrons. The Morgan fingerprint density at radius 1 is 1.39 bits per heavy atom. The first-order chi connectivity index (χ1) is 11.1. The second-order valence-corrected chi connectivity index (χ2v) is 6.02. The van der Waals surface area contributed by atoms with Crippen molar-refractivity contribution in [3.8, 4) is 6.07 Å². The van der Waals surface area contributed by atoms with Gasteiger partial charge in [0.2, 0.25) is 0 Å². The van der Waals surface area contributed by atoms with Gasteiger partial charge in [0.05, 0.1) is 18.2 Å². The molecule has 1 aromatic heterocycles. The minimum atomic E-state index is 0.524. The van der Waals surface area contributed by atoms with Crippen molar-refractivity contribution in [2.75, 3.05) is 6.54 Å². The van der Waals surface area contributed by atoms with Crippen molar-refractivity contribution in [1.82, 2.24) is 19.7 Å². The van der Waals surface area contributed by atoms with Gasteiger partial charge in [-0.05, 0) is 23.6 Å². The smallest absolute Gasteiger partial charge is 0.141 e. The van der Waals surface area contributed by atoms with Crippen LogP contribution in [0, 0.1) is 17.2 Å². The molecule has 23 heavy (non-hydrogen) atoms. The topological polar surface area (TPSA) is 57.7 Å². The van der Waals surface area contributed by atoms with E-state index in [1.165, 1.54) is 0 Å². The number of nitriles is 1. The van der Waals surface area contributed by atoms with E-state index >= 15 is 0 Å². The summed E-state index contributed by atoms with van der Waals surface area (Å²) < 4.78 is 1.96. The van der Waals surface area contributed by atoms with Crippen molar-refractivity contribution >= 4 is 0 Å². The second-order valence-electron chi connectivity index (χ2n) is 6.02. The van der Waals surface area contributed by atoms with Crippen molar-refractivity contribution in [1.29, 1.82) is 5.26 Å². The van der Waals surface area contributed by atoms with Crippen molar-refractivity contribution in [2.24, 2.45) is 5.92 Å². The zero-order valence-corrected chi connectivity index (χ0v) is 13.8. The highest BCUT2D eigenvalue weighted by Gasteiger charge is 2.12. The molecule has 0 atom stereocenters.